The summed E-state index contributed by atoms with van der Waals surface area (Å²) in [5.41, 5.74) is 1.66. The predicted molar refractivity (Wildman–Crippen MR) is 97.6 cm³/mol. The van der Waals surface area contributed by atoms with Crippen molar-refractivity contribution in [1.82, 2.24) is 0 Å². The molecule has 0 spiro atoms. The van der Waals surface area contributed by atoms with E-state index in [2.05, 4.69) is 13.8 Å². The van der Waals surface area contributed by atoms with Gasteiger partial charge in [-0.1, -0.05) is 44.2 Å². The van der Waals surface area contributed by atoms with Crippen molar-refractivity contribution >= 4 is 15.7 Å². The lowest BCUT2D eigenvalue weighted by molar-refractivity contribution is 0.204. The number of rotatable bonds is 7. The highest BCUT2D eigenvalue weighted by molar-refractivity contribution is 7.92. The van der Waals surface area contributed by atoms with E-state index in [1.54, 1.807) is 43.3 Å². The van der Waals surface area contributed by atoms with E-state index in [0.717, 1.165) is 12.0 Å². The molecule has 0 fully saturated rings. The number of anilines is 1. The van der Waals surface area contributed by atoms with Crippen molar-refractivity contribution in [3.63, 3.8) is 0 Å². The lowest BCUT2D eigenvalue weighted by Gasteiger charge is -2.25. The Labute approximate surface area is 144 Å². The summed E-state index contributed by atoms with van der Waals surface area (Å²) < 4.78 is 27.3. The van der Waals surface area contributed by atoms with E-state index < -0.39 is 16.1 Å². The van der Waals surface area contributed by atoms with Gasteiger partial charge in [-0.25, -0.2) is 8.42 Å². The number of hydrogen-bond acceptors (Lipinski definition) is 3. The van der Waals surface area contributed by atoms with Gasteiger partial charge in [-0.2, -0.15) is 0 Å². The summed E-state index contributed by atoms with van der Waals surface area (Å²) in [5, 5.41) is 9.73. The maximum absolute atomic E-state index is 13.0. The van der Waals surface area contributed by atoms with E-state index in [1.807, 2.05) is 18.2 Å². The molecule has 5 heteroatoms. The SMILES string of the molecule is CC(C)Cc1ccc(S(=O)(=O)N(CC(C)O)c2ccccc2)cc1. The molecule has 2 aromatic rings. The molecule has 0 bridgehead atoms. The molecule has 24 heavy (non-hydrogen) atoms. The molecule has 0 aliphatic heterocycles. The van der Waals surface area contributed by atoms with Gasteiger partial charge in [0.1, 0.15) is 0 Å². The summed E-state index contributed by atoms with van der Waals surface area (Å²) in [5.74, 6) is 0.517. The van der Waals surface area contributed by atoms with Gasteiger partial charge in [-0.15, -0.1) is 0 Å². The minimum Gasteiger partial charge on any atom is -0.392 e. The molecule has 1 unspecified atom stereocenters. The summed E-state index contributed by atoms with van der Waals surface area (Å²) in [6, 6.07) is 15.9. The van der Waals surface area contributed by atoms with E-state index >= 15 is 0 Å². The molecular formula is C19H25NO3S. The quantitative estimate of drug-likeness (QED) is 0.834. The number of benzene rings is 2. The highest BCUT2D eigenvalue weighted by Gasteiger charge is 2.26. The molecule has 2 rings (SSSR count). The van der Waals surface area contributed by atoms with Gasteiger partial charge in [-0.05, 0) is 49.1 Å². The lowest BCUT2D eigenvalue weighted by atomic mass is 10.0. The molecule has 0 aliphatic rings. The van der Waals surface area contributed by atoms with Crippen molar-refractivity contribution in [2.45, 2.75) is 38.2 Å². The number of para-hydroxylation sites is 1. The smallest absolute Gasteiger partial charge is 0.264 e. The fourth-order valence-corrected chi connectivity index (χ4v) is 4.12. The topological polar surface area (TPSA) is 57.6 Å². The molecule has 4 nitrogen and oxygen atoms in total. The van der Waals surface area contributed by atoms with Crippen LogP contribution in [0.2, 0.25) is 0 Å². The Hall–Kier alpha value is -1.85. The molecule has 1 atom stereocenters. The standard InChI is InChI=1S/C19H25NO3S/c1-15(2)13-17-9-11-19(12-10-17)24(22,23)20(14-16(3)21)18-7-5-4-6-8-18/h4-12,15-16,21H,13-14H2,1-3H3. The molecule has 0 saturated carbocycles. The molecule has 2 aromatic carbocycles. The highest BCUT2D eigenvalue weighted by Crippen LogP contribution is 2.24. The minimum atomic E-state index is -3.72. The zero-order valence-electron chi connectivity index (χ0n) is 14.4. The van der Waals surface area contributed by atoms with Gasteiger partial charge < -0.3 is 5.11 Å². The molecule has 0 aliphatic carbocycles. The first-order chi connectivity index (χ1) is 11.3. The van der Waals surface area contributed by atoms with E-state index in [0.29, 0.717) is 11.6 Å². The van der Waals surface area contributed by atoms with Crippen LogP contribution in [0, 0.1) is 5.92 Å². The monoisotopic (exact) mass is 347 g/mol. The summed E-state index contributed by atoms with van der Waals surface area (Å²) >= 11 is 0. The third-order valence-corrected chi connectivity index (χ3v) is 5.44. The third-order valence-electron chi connectivity index (χ3n) is 3.63. The van der Waals surface area contributed by atoms with Gasteiger partial charge >= 0.3 is 0 Å². The fraction of sp³-hybridized carbons (Fsp3) is 0.368. The fourth-order valence-electron chi connectivity index (χ4n) is 2.57. The van der Waals surface area contributed by atoms with Crippen molar-refractivity contribution in [2.75, 3.05) is 10.8 Å². The summed E-state index contributed by atoms with van der Waals surface area (Å²) in [7, 11) is -3.72. The van der Waals surface area contributed by atoms with Gasteiger partial charge in [-0.3, -0.25) is 4.31 Å². The van der Waals surface area contributed by atoms with Crippen LogP contribution in [0.15, 0.2) is 59.5 Å². The molecule has 1 N–H and O–H groups in total. The Kier molecular flexibility index (Phi) is 6.02. The van der Waals surface area contributed by atoms with Gasteiger partial charge in [0.25, 0.3) is 10.0 Å². The van der Waals surface area contributed by atoms with E-state index in [-0.39, 0.29) is 11.4 Å². The second kappa shape index (κ2) is 7.81. The number of nitrogens with zero attached hydrogens (tertiary/aromatic N) is 1. The minimum absolute atomic E-state index is 0.0140. The van der Waals surface area contributed by atoms with Crippen LogP contribution in [0.3, 0.4) is 0 Å². The Balaban J connectivity index is 2.37. The Morgan fingerprint density at radius 1 is 0.958 bits per heavy atom. The van der Waals surface area contributed by atoms with Gasteiger partial charge in [0.15, 0.2) is 0 Å². The molecule has 130 valence electrons. The Morgan fingerprint density at radius 3 is 2.04 bits per heavy atom. The van der Waals surface area contributed by atoms with Gasteiger partial charge in [0, 0.05) is 0 Å². The normalized spacial score (nSPS) is 13.0. The van der Waals surface area contributed by atoms with E-state index in [9.17, 15) is 13.5 Å². The van der Waals surface area contributed by atoms with Crippen LogP contribution in [0.25, 0.3) is 0 Å². The van der Waals surface area contributed by atoms with Crippen LogP contribution in [0.5, 0.6) is 0 Å². The van der Waals surface area contributed by atoms with Crippen molar-refractivity contribution in [2.24, 2.45) is 5.92 Å². The van der Waals surface area contributed by atoms with Crippen LogP contribution < -0.4 is 4.31 Å². The van der Waals surface area contributed by atoms with Crippen molar-refractivity contribution in [1.29, 1.82) is 0 Å². The first-order valence-corrected chi connectivity index (χ1v) is 9.59. The van der Waals surface area contributed by atoms with E-state index in [4.69, 9.17) is 0 Å². The first-order valence-electron chi connectivity index (χ1n) is 8.15. The molecule has 0 saturated heterocycles. The van der Waals surface area contributed by atoms with Crippen LogP contribution in [0.4, 0.5) is 5.69 Å². The average Bonchev–Trinajstić information content (AvgIpc) is 2.53. The maximum atomic E-state index is 13.0. The number of hydrogen-bond donors (Lipinski definition) is 1. The molecule has 0 amide bonds. The van der Waals surface area contributed by atoms with Gasteiger partial charge in [0.05, 0.1) is 23.2 Å². The molecular weight excluding hydrogens is 322 g/mol. The van der Waals surface area contributed by atoms with Crippen LogP contribution >= 0.6 is 0 Å². The lowest BCUT2D eigenvalue weighted by Crippen LogP contribution is -2.36. The van der Waals surface area contributed by atoms with Crippen molar-refractivity contribution < 1.29 is 13.5 Å². The van der Waals surface area contributed by atoms with Crippen LogP contribution in [0.1, 0.15) is 26.3 Å². The number of aliphatic hydroxyl groups is 1. The zero-order chi connectivity index (χ0) is 17.7. The Morgan fingerprint density at radius 2 is 1.54 bits per heavy atom. The number of sulfonamides is 1. The predicted octanol–water partition coefficient (Wildman–Crippen LogP) is 3.46. The second-order valence-electron chi connectivity index (χ2n) is 6.46. The summed E-state index contributed by atoms with van der Waals surface area (Å²) in [6.45, 7) is 5.85. The molecule has 0 aromatic heterocycles. The molecule has 0 radical (unpaired) electrons. The first kappa shape index (κ1) is 18.5. The zero-order valence-corrected chi connectivity index (χ0v) is 15.2. The maximum Gasteiger partial charge on any atom is 0.264 e. The van der Waals surface area contributed by atoms with E-state index in [1.165, 1.54) is 4.31 Å². The second-order valence-corrected chi connectivity index (χ2v) is 8.32. The summed E-state index contributed by atoms with van der Waals surface area (Å²) in [4.78, 5) is 0.236. The number of aliphatic hydroxyl groups excluding tert-OH is 1. The highest BCUT2D eigenvalue weighted by atomic mass is 32.2. The van der Waals surface area contributed by atoms with Crippen LogP contribution in [-0.4, -0.2) is 26.2 Å². The summed E-state index contributed by atoms with van der Waals surface area (Å²) in [6.07, 6.45) is 0.149. The average molecular weight is 347 g/mol. The third kappa shape index (κ3) is 4.58. The van der Waals surface area contributed by atoms with Gasteiger partial charge in [0.2, 0.25) is 0 Å². The van der Waals surface area contributed by atoms with Crippen LogP contribution in [-0.2, 0) is 16.4 Å². The van der Waals surface area contributed by atoms with Crippen molar-refractivity contribution in [3.8, 4) is 0 Å². The molecule has 0 heterocycles. The largest absolute Gasteiger partial charge is 0.392 e. The van der Waals surface area contributed by atoms with Crippen molar-refractivity contribution in [3.05, 3.63) is 60.2 Å². The Bertz CT molecular complexity index is 738.